The Morgan fingerprint density at radius 3 is 2.26 bits per heavy atom. The third-order valence-electron chi connectivity index (χ3n) is 6.68. The summed E-state index contributed by atoms with van der Waals surface area (Å²) >= 11 is 0. The molecular weight excluding hydrogens is 476 g/mol. The highest BCUT2D eigenvalue weighted by molar-refractivity contribution is 5.79. The van der Waals surface area contributed by atoms with Crippen LogP contribution in [-0.2, 0) is 11.2 Å². The van der Waals surface area contributed by atoms with E-state index in [4.69, 9.17) is 9.72 Å². The second kappa shape index (κ2) is 12.5. The van der Waals surface area contributed by atoms with E-state index in [0.717, 1.165) is 12.1 Å². The summed E-state index contributed by atoms with van der Waals surface area (Å²) in [6, 6.07) is 24.2. The molecular formula is C31H36N4O3. The number of amides is 1. The van der Waals surface area contributed by atoms with Gasteiger partial charge in [0.25, 0.3) is 11.5 Å². The van der Waals surface area contributed by atoms with E-state index in [-0.39, 0.29) is 18.1 Å². The molecule has 0 fully saturated rings. The molecule has 198 valence electrons. The molecule has 38 heavy (non-hydrogen) atoms. The van der Waals surface area contributed by atoms with Crippen LogP contribution in [-0.4, -0.2) is 59.0 Å². The first-order chi connectivity index (χ1) is 18.4. The van der Waals surface area contributed by atoms with Gasteiger partial charge in [-0.15, -0.1) is 0 Å². The molecule has 1 unspecified atom stereocenters. The summed E-state index contributed by atoms with van der Waals surface area (Å²) < 4.78 is 7.50. The Bertz CT molecular complexity index is 1420. The number of hydrogen-bond donors (Lipinski definition) is 0. The molecule has 1 aromatic heterocycles. The maximum Gasteiger partial charge on any atom is 0.266 e. The van der Waals surface area contributed by atoms with Crippen LogP contribution in [0.2, 0.25) is 0 Å². The molecule has 4 aromatic rings. The molecule has 1 heterocycles. The lowest BCUT2D eigenvalue weighted by Crippen LogP contribution is -2.43. The number of aromatic nitrogens is 2. The lowest BCUT2D eigenvalue weighted by molar-refractivity contribution is -0.136. The van der Waals surface area contributed by atoms with Gasteiger partial charge in [-0.05, 0) is 68.9 Å². The maximum absolute atomic E-state index is 13.9. The number of rotatable bonds is 11. The quantitative estimate of drug-likeness (QED) is 0.287. The van der Waals surface area contributed by atoms with Crippen molar-refractivity contribution in [3.8, 4) is 11.4 Å². The van der Waals surface area contributed by atoms with Crippen LogP contribution in [0.15, 0.2) is 83.7 Å². The highest BCUT2D eigenvalue weighted by Gasteiger charge is 2.29. The standard InChI is InChI=1S/C31H36N4O3/c1-5-23-16-18-24(19-17-23)35-30(32-27-15-11-10-14-26(27)31(35)37)28(6-2)34(21-20-33(3)4)29(36)22-38-25-12-8-7-9-13-25/h7-19,28H,5-6,20-22H2,1-4H3. The minimum absolute atomic E-state index is 0.100. The molecule has 7 heteroatoms. The number of benzene rings is 3. The van der Waals surface area contributed by atoms with Crippen LogP contribution >= 0.6 is 0 Å². The maximum atomic E-state index is 13.9. The van der Waals surface area contributed by atoms with Crippen molar-refractivity contribution in [3.63, 3.8) is 0 Å². The lowest BCUT2D eigenvalue weighted by atomic mass is 10.1. The number of hydrogen-bond acceptors (Lipinski definition) is 5. The van der Waals surface area contributed by atoms with Crippen molar-refractivity contribution in [2.24, 2.45) is 0 Å². The number of aryl methyl sites for hydroxylation is 1. The van der Waals surface area contributed by atoms with Gasteiger partial charge >= 0.3 is 0 Å². The van der Waals surface area contributed by atoms with Crippen LogP contribution in [0.3, 0.4) is 0 Å². The Morgan fingerprint density at radius 2 is 1.61 bits per heavy atom. The Morgan fingerprint density at radius 1 is 0.921 bits per heavy atom. The number of para-hydroxylation sites is 2. The Hall–Kier alpha value is -3.97. The van der Waals surface area contributed by atoms with Gasteiger partial charge in [-0.3, -0.25) is 14.2 Å². The molecule has 0 N–H and O–H groups in total. The van der Waals surface area contributed by atoms with Gasteiger partial charge in [0.1, 0.15) is 11.6 Å². The SMILES string of the molecule is CCc1ccc(-n2c(C(CC)N(CCN(C)C)C(=O)COc3ccccc3)nc3ccccc3c2=O)cc1. The number of carbonyl (C=O) groups is 1. The zero-order chi connectivity index (χ0) is 27.1. The third kappa shape index (κ3) is 6.11. The summed E-state index contributed by atoms with van der Waals surface area (Å²) in [5.41, 5.74) is 2.39. The molecule has 4 rings (SSSR count). The normalized spacial score (nSPS) is 12.0. The van der Waals surface area contributed by atoms with Crippen molar-refractivity contribution in [1.82, 2.24) is 19.4 Å². The molecule has 3 aromatic carbocycles. The minimum atomic E-state index is -0.426. The Balaban J connectivity index is 1.81. The molecule has 0 saturated carbocycles. The largest absolute Gasteiger partial charge is 0.484 e. The number of fused-ring (bicyclic) bond motifs is 1. The summed E-state index contributed by atoms with van der Waals surface area (Å²) in [6.45, 7) is 5.15. The highest BCUT2D eigenvalue weighted by Crippen LogP contribution is 2.26. The lowest BCUT2D eigenvalue weighted by Gasteiger charge is -2.33. The monoisotopic (exact) mass is 512 g/mol. The molecule has 1 atom stereocenters. The molecule has 7 nitrogen and oxygen atoms in total. The van der Waals surface area contributed by atoms with E-state index < -0.39 is 6.04 Å². The summed E-state index contributed by atoms with van der Waals surface area (Å²) in [6.07, 6.45) is 1.49. The smallest absolute Gasteiger partial charge is 0.266 e. The van der Waals surface area contributed by atoms with Crippen LogP contribution < -0.4 is 10.3 Å². The highest BCUT2D eigenvalue weighted by atomic mass is 16.5. The van der Waals surface area contributed by atoms with E-state index in [9.17, 15) is 9.59 Å². The van der Waals surface area contributed by atoms with Crippen molar-refractivity contribution in [1.29, 1.82) is 0 Å². The fourth-order valence-electron chi connectivity index (χ4n) is 4.55. The Labute approximate surface area is 224 Å². The summed E-state index contributed by atoms with van der Waals surface area (Å²) in [5, 5.41) is 0.546. The zero-order valence-corrected chi connectivity index (χ0v) is 22.6. The zero-order valence-electron chi connectivity index (χ0n) is 22.6. The van der Waals surface area contributed by atoms with Gasteiger partial charge in [-0.1, -0.05) is 56.3 Å². The Kier molecular flexibility index (Phi) is 8.92. The van der Waals surface area contributed by atoms with E-state index in [2.05, 4.69) is 6.92 Å². The van der Waals surface area contributed by atoms with E-state index in [1.54, 1.807) is 15.5 Å². The first-order valence-electron chi connectivity index (χ1n) is 13.2. The molecule has 0 radical (unpaired) electrons. The first kappa shape index (κ1) is 27.1. The number of ether oxygens (including phenoxy) is 1. The predicted molar refractivity (Wildman–Crippen MR) is 152 cm³/mol. The summed E-state index contributed by atoms with van der Waals surface area (Å²) in [4.78, 5) is 36.4. The van der Waals surface area contributed by atoms with Gasteiger partial charge < -0.3 is 14.5 Å². The van der Waals surface area contributed by atoms with Gasteiger partial charge in [0.2, 0.25) is 0 Å². The second-order valence-corrected chi connectivity index (χ2v) is 9.56. The van der Waals surface area contributed by atoms with Crippen molar-refractivity contribution in [3.05, 3.63) is 101 Å². The third-order valence-corrected chi connectivity index (χ3v) is 6.68. The fourth-order valence-corrected chi connectivity index (χ4v) is 4.55. The van der Waals surface area contributed by atoms with Crippen molar-refractivity contribution in [2.45, 2.75) is 32.7 Å². The first-order valence-corrected chi connectivity index (χ1v) is 13.2. The van der Waals surface area contributed by atoms with E-state index >= 15 is 0 Å². The van der Waals surface area contributed by atoms with E-state index in [1.165, 1.54) is 5.56 Å². The molecule has 0 aliphatic rings. The predicted octanol–water partition coefficient (Wildman–Crippen LogP) is 4.87. The molecule has 0 aliphatic heterocycles. The van der Waals surface area contributed by atoms with E-state index in [1.807, 2.05) is 98.7 Å². The van der Waals surface area contributed by atoms with Crippen molar-refractivity contribution in [2.75, 3.05) is 33.8 Å². The van der Waals surface area contributed by atoms with Gasteiger partial charge in [-0.2, -0.15) is 0 Å². The minimum Gasteiger partial charge on any atom is -0.484 e. The number of carbonyl (C=O) groups excluding carboxylic acids is 1. The topological polar surface area (TPSA) is 67.7 Å². The summed E-state index contributed by atoms with van der Waals surface area (Å²) in [7, 11) is 3.95. The molecule has 0 bridgehead atoms. The van der Waals surface area contributed by atoms with Crippen LogP contribution in [0.1, 0.15) is 37.7 Å². The van der Waals surface area contributed by atoms with Crippen LogP contribution in [0, 0.1) is 0 Å². The van der Waals surface area contributed by atoms with Crippen LogP contribution in [0.5, 0.6) is 5.75 Å². The van der Waals surface area contributed by atoms with E-state index in [0.29, 0.717) is 42.0 Å². The number of likely N-dealkylation sites (N-methyl/N-ethyl adjacent to an activating group) is 1. The second-order valence-electron chi connectivity index (χ2n) is 9.56. The van der Waals surface area contributed by atoms with Gasteiger partial charge in [-0.25, -0.2) is 4.98 Å². The molecule has 0 saturated heterocycles. The average molecular weight is 513 g/mol. The summed E-state index contributed by atoms with van der Waals surface area (Å²) in [5.74, 6) is 1.03. The van der Waals surface area contributed by atoms with Crippen molar-refractivity contribution < 1.29 is 9.53 Å². The fraction of sp³-hybridized carbons (Fsp3) is 0.323. The van der Waals surface area contributed by atoms with Crippen LogP contribution in [0.25, 0.3) is 16.6 Å². The average Bonchev–Trinajstić information content (AvgIpc) is 2.94. The van der Waals surface area contributed by atoms with Gasteiger partial charge in [0, 0.05) is 13.1 Å². The van der Waals surface area contributed by atoms with Gasteiger partial charge in [0.15, 0.2) is 6.61 Å². The molecule has 0 aliphatic carbocycles. The van der Waals surface area contributed by atoms with Crippen LogP contribution in [0.4, 0.5) is 0 Å². The molecule has 0 spiro atoms. The molecule has 1 amide bonds. The van der Waals surface area contributed by atoms with Gasteiger partial charge in [0.05, 0.1) is 22.6 Å². The van der Waals surface area contributed by atoms with Crippen molar-refractivity contribution >= 4 is 16.8 Å². The number of nitrogens with zero attached hydrogens (tertiary/aromatic N) is 4.